The van der Waals surface area contributed by atoms with E-state index in [1.165, 1.54) is 12.8 Å². The standard InChI is InChI=1S/C16H21ClN2O.ClH/c17-13-6-4-11(5-7-13)8-16(20)19-9-12-2-1-3-15(18)14(12)10-19;/h4-7,12,14-15H,1-3,8-10,18H2;1H. The van der Waals surface area contributed by atoms with Gasteiger partial charge in [0, 0.05) is 24.2 Å². The van der Waals surface area contributed by atoms with E-state index < -0.39 is 0 Å². The van der Waals surface area contributed by atoms with E-state index in [9.17, 15) is 4.79 Å². The van der Waals surface area contributed by atoms with Gasteiger partial charge in [-0.1, -0.05) is 30.2 Å². The highest BCUT2D eigenvalue weighted by atomic mass is 35.5. The van der Waals surface area contributed by atoms with E-state index in [2.05, 4.69) is 0 Å². The predicted octanol–water partition coefficient (Wildman–Crippen LogP) is 2.89. The molecule has 2 N–H and O–H groups in total. The molecule has 1 saturated carbocycles. The van der Waals surface area contributed by atoms with Gasteiger partial charge in [-0.3, -0.25) is 4.79 Å². The van der Waals surface area contributed by atoms with Crippen LogP contribution in [-0.4, -0.2) is 29.9 Å². The molecule has 0 aromatic heterocycles. The molecule has 1 aromatic carbocycles. The molecule has 0 radical (unpaired) electrons. The van der Waals surface area contributed by atoms with Gasteiger partial charge < -0.3 is 10.6 Å². The lowest BCUT2D eigenvalue weighted by atomic mass is 9.78. The topological polar surface area (TPSA) is 46.3 Å². The second kappa shape index (κ2) is 6.99. The summed E-state index contributed by atoms with van der Waals surface area (Å²) >= 11 is 5.86. The number of fused-ring (bicyclic) bond motifs is 1. The predicted molar refractivity (Wildman–Crippen MR) is 87.8 cm³/mol. The van der Waals surface area contributed by atoms with Gasteiger partial charge in [-0.05, 0) is 42.4 Å². The summed E-state index contributed by atoms with van der Waals surface area (Å²) < 4.78 is 0. The minimum atomic E-state index is 0. The van der Waals surface area contributed by atoms with Crippen molar-refractivity contribution in [3.05, 3.63) is 34.9 Å². The summed E-state index contributed by atoms with van der Waals surface area (Å²) in [5.41, 5.74) is 7.23. The maximum atomic E-state index is 12.4. The Morgan fingerprint density at radius 3 is 2.62 bits per heavy atom. The van der Waals surface area contributed by atoms with Gasteiger partial charge in [0.25, 0.3) is 0 Å². The summed E-state index contributed by atoms with van der Waals surface area (Å²) in [6.45, 7) is 1.74. The van der Waals surface area contributed by atoms with Crippen LogP contribution < -0.4 is 5.73 Å². The first-order valence-corrected chi connectivity index (χ1v) is 7.79. The van der Waals surface area contributed by atoms with Crippen LogP contribution in [0.15, 0.2) is 24.3 Å². The van der Waals surface area contributed by atoms with Crippen molar-refractivity contribution in [3.63, 3.8) is 0 Å². The third kappa shape index (κ3) is 3.71. The molecule has 2 aliphatic rings. The molecule has 3 nitrogen and oxygen atoms in total. The smallest absolute Gasteiger partial charge is 0.227 e. The van der Waals surface area contributed by atoms with E-state index >= 15 is 0 Å². The van der Waals surface area contributed by atoms with Gasteiger partial charge in [-0.15, -0.1) is 12.4 Å². The number of nitrogens with two attached hydrogens (primary N) is 1. The maximum Gasteiger partial charge on any atom is 0.227 e. The van der Waals surface area contributed by atoms with Crippen molar-refractivity contribution >= 4 is 29.9 Å². The van der Waals surface area contributed by atoms with Crippen molar-refractivity contribution in [2.24, 2.45) is 17.6 Å². The molecule has 3 rings (SSSR count). The normalized spacial score (nSPS) is 27.9. The number of hydrogen-bond donors (Lipinski definition) is 1. The van der Waals surface area contributed by atoms with Crippen LogP contribution in [0.5, 0.6) is 0 Å². The first-order valence-electron chi connectivity index (χ1n) is 7.41. The Balaban J connectivity index is 0.00000161. The molecule has 3 atom stereocenters. The highest BCUT2D eigenvalue weighted by Gasteiger charge is 2.40. The number of carbonyl (C=O) groups is 1. The number of rotatable bonds is 2. The van der Waals surface area contributed by atoms with Crippen molar-refractivity contribution in [1.29, 1.82) is 0 Å². The van der Waals surface area contributed by atoms with Crippen LogP contribution in [-0.2, 0) is 11.2 Å². The molecule has 3 unspecified atom stereocenters. The average Bonchev–Trinajstić information content (AvgIpc) is 2.87. The van der Waals surface area contributed by atoms with Crippen LogP contribution in [0.2, 0.25) is 5.02 Å². The third-order valence-electron chi connectivity index (χ3n) is 4.78. The van der Waals surface area contributed by atoms with Crippen molar-refractivity contribution in [2.45, 2.75) is 31.7 Å². The summed E-state index contributed by atoms with van der Waals surface area (Å²) in [5, 5.41) is 0.708. The monoisotopic (exact) mass is 328 g/mol. The summed E-state index contributed by atoms with van der Waals surface area (Å²) in [7, 11) is 0. The second-order valence-electron chi connectivity index (χ2n) is 6.12. The van der Waals surface area contributed by atoms with Crippen LogP contribution in [0.1, 0.15) is 24.8 Å². The Hall–Kier alpha value is -0.770. The van der Waals surface area contributed by atoms with Crippen molar-refractivity contribution < 1.29 is 4.79 Å². The fourth-order valence-electron chi connectivity index (χ4n) is 3.61. The Bertz CT molecular complexity index is 492. The number of hydrogen-bond acceptors (Lipinski definition) is 2. The molecular formula is C16H22Cl2N2O. The molecule has 21 heavy (non-hydrogen) atoms. The van der Waals surface area contributed by atoms with Crippen LogP contribution in [0.3, 0.4) is 0 Å². The van der Waals surface area contributed by atoms with Gasteiger partial charge in [0.05, 0.1) is 6.42 Å². The number of halogens is 2. The number of likely N-dealkylation sites (tertiary alicyclic amines) is 1. The van der Waals surface area contributed by atoms with Crippen molar-refractivity contribution in [3.8, 4) is 0 Å². The lowest BCUT2D eigenvalue weighted by Gasteiger charge is -2.29. The van der Waals surface area contributed by atoms with Gasteiger partial charge in [-0.2, -0.15) is 0 Å². The fraction of sp³-hybridized carbons (Fsp3) is 0.562. The minimum absolute atomic E-state index is 0. The molecule has 1 aliphatic carbocycles. The summed E-state index contributed by atoms with van der Waals surface area (Å²) in [5.74, 6) is 1.35. The van der Waals surface area contributed by atoms with E-state index in [1.807, 2.05) is 29.2 Å². The van der Waals surface area contributed by atoms with E-state index in [4.69, 9.17) is 17.3 Å². The quantitative estimate of drug-likeness (QED) is 0.907. The molecule has 0 bridgehead atoms. The SMILES string of the molecule is Cl.NC1CCCC2CN(C(=O)Cc3ccc(Cl)cc3)CC12. The second-order valence-corrected chi connectivity index (χ2v) is 6.56. The van der Waals surface area contributed by atoms with Gasteiger partial charge >= 0.3 is 0 Å². The van der Waals surface area contributed by atoms with Crippen LogP contribution in [0, 0.1) is 11.8 Å². The first-order chi connectivity index (χ1) is 9.63. The zero-order valence-corrected chi connectivity index (χ0v) is 13.6. The third-order valence-corrected chi connectivity index (χ3v) is 5.03. The van der Waals surface area contributed by atoms with Crippen LogP contribution in [0.25, 0.3) is 0 Å². The van der Waals surface area contributed by atoms with E-state index in [1.54, 1.807) is 0 Å². The Morgan fingerprint density at radius 2 is 1.95 bits per heavy atom. The zero-order valence-electron chi connectivity index (χ0n) is 12.0. The van der Waals surface area contributed by atoms with Crippen LogP contribution >= 0.6 is 24.0 Å². The molecular weight excluding hydrogens is 307 g/mol. The van der Waals surface area contributed by atoms with Crippen LogP contribution in [0.4, 0.5) is 0 Å². The number of carbonyl (C=O) groups excluding carboxylic acids is 1. The molecule has 2 fully saturated rings. The molecule has 116 valence electrons. The number of nitrogens with zero attached hydrogens (tertiary/aromatic N) is 1. The van der Waals surface area contributed by atoms with Gasteiger partial charge in [0.1, 0.15) is 0 Å². The molecule has 1 heterocycles. The summed E-state index contributed by atoms with van der Waals surface area (Å²) in [6.07, 6.45) is 4.01. The first kappa shape index (κ1) is 16.6. The molecule has 1 amide bonds. The molecule has 1 aliphatic heterocycles. The zero-order chi connectivity index (χ0) is 14.1. The Kier molecular flexibility index (Phi) is 5.53. The highest BCUT2D eigenvalue weighted by molar-refractivity contribution is 6.30. The Labute approximate surface area is 137 Å². The molecule has 1 aromatic rings. The highest BCUT2D eigenvalue weighted by Crippen LogP contribution is 2.35. The lowest BCUT2D eigenvalue weighted by Crippen LogP contribution is -2.38. The largest absolute Gasteiger partial charge is 0.342 e. The van der Waals surface area contributed by atoms with Gasteiger partial charge in [-0.25, -0.2) is 0 Å². The van der Waals surface area contributed by atoms with E-state index in [-0.39, 0.29) is 24.4 Å². The summed E-state index contributed by atoms with van der Waals surface area (Å²) in [6, 6.07) is 7.81. The number of benzene rings is 1. The summed E-state index contributed by atoms with van der Waals surface area (Å²) in [4.78, 5) is 14.4. The fourth-order valence-corrected chi connectivity index (χ4v) is 3.74. The average molecular weight is 329 g/mol. The van der Waals surface area contributed by atoms with Crippen molar-refractivity contribution in [2.75, 3.05) is 13.1 Å². The maximum absolute atomic E-state index is 12.4. The number of amides is 1. The Morgan fingerprint density at radius 1 is 1.24 bits per heavy atom. The van der Waals surface area contributed by atoms with Gasteiger partial charge in [0.15, 0.2) is 0 Å². The molecule has 5 heteroatoms. The lowest BCUT2D eigenvalue weighted by molar-refractivity contribution is -0.129. The van der Waals surface area contributed by atoms with Crippen molar-refractivity contribution in [1.82, 2.24) is 4.90 Å². The van der Waals surface area contributed by atoms with Gasteiger partial charge in [0.2, 0.25) is 5.91 Å². The molecule has 0 spiro atoms. The van der Waals surface area contributed by atoms with E-state index in [0.29, 0.717) is 23.3 Å². The molecule has 1 saturated heterocycles. The van der Waals surface area contributed by atoms with E-state index in [0.717, 1.165) is 25.1 Å². The minimum Gasteiger partial charge on any atom is -0.342 e.